The Kier molecular flexibility index (Phi) is 3.69. The molecule has 0 radical (unpaired) electrons. The fourth-order valence-electron chi connectivity index (χ4n) is 1.33. The second kappa shape index (κ2) is 3.74. The maximum atomic E-state index is 14.1. The Morgan fingerprint density at radius 2 is 1.36 bits per heavy atom. The van der Waals surface area contributed by atoms with E-state index in [1.54, 1.807) is 20.8 Å². The molecule has 1 unspecified atom stereocenters. The molecule has 0 fully saturated rings. The summed E-state index contributed by atoms with van der Waals surface area (Å²) in [6, 6.07) is 0. The second-order valence-electron chi connectivity index (χ2n) is 5.02. The molecule has 0 aliphatic carbocycles. The molecule has 0 aromatic heterocycles. The van der Waals surface area contributed by atoms with Gasteiger partial charge in [-0.05, 0) is 13.3 Å². The highest BCUT2D eigenvalue weighted by atomic mass is 19.3. The molecule has 0 heterocycles. The van der Waals surface area contributed by atoms with Crippen molar-refractivity contribution < 1.29 is 13.2 Å². The van der Waals surface area contributed by atoms with Crippen LogP contribution in [0.4, 0.5) is 13.2 Å². The van der Waals surface area contributed by atoms with E-state index in [1.165, 1.54) is 13.8 Å². The van der Waals surface area contributed by atoms with Crippen molar-refractivity contribution in [3.8, 4) is 0 Å². The number of halogens is 3. The summed E-state index contributed by atoms with van der Waals surface area (Å²) in [7, 11) is 0. The molecule has 0 bridgehead atoms. The average Bonchev–Trinajstić information content (AvgIpc) is 2.03. The first-order valence-corrected chi connectivity index (χ1v) is 5.07. The third-order valence-corrected chi connectivity index (χ3v) is 3.51. The zero-order valence-electron chi connectivity index (χ0n) is 9.92. The van der Waals surface area contributed by atoms with Gasteiger partial charge in [-0.3, -0.25) is 0 Å². The summed E-state index contributed by atoms with van der Waals surface area (Å²) in [5.74, 6) is -4.27. The van der Waals surface area contributed by atoms with Crippen molar-refractivity contribution in [1.29, 1.82) is 0 Å². The van der Waals surface area contributed by atoms with Crippen LogP contribution in [0.5, 0.6) is 0 Å². The summed E-state index contributed by atoms with van der Waals surface area (Å²) in [5.41, 5.74) is -3.48. The molecule has 0 rings (SSSR count). The highest BCUT2D eigenvalue weighted by molar-refractivity contribution is 5.01. The maximum Gasteiger partial charge on any atom is 0.283 e. The van der Waals surface area contributed by atoms with Gasteiger partial charge in [-0.25, -0.2) is 13.2 Å². The molecule has 0 amide bonds. The smallest absolute Gasteiger partial charge is 0.237 e. The average molecular weight is 210 g/mol. The van der Waals surface area contributed by atoms with E-state index in [4.69, 9.17) is 0 Å². The largest absolute Gasteiger partial charge is 0.283 e. The third-order valence-electron chi connectivity index (χ3n) is 3.51. The molecule has 0 aliphatic rings. The standard InChI is InChI=1S/C11H21F3/c1-7-9(4,5)10(6,12)11(13,14)8(2)3/h8H,7H2,1-6H3. The van der Waals surface area contributed by atoms with E-state index >= 15 is 0 Å². The van der Waals surface area contributed by atoms with Gasteiger partial charge < -0.3 is 0 Å². The van der Waals surface area contributed by atoms with Crippen molar-refractivity contribution in [3.05, 3.63) is 0 Å². The maximum absolute atomic E-state index is 14.1. The van der Waals surface area contributed by atoms with E-state index in [9.17, 15) is 13.2 Å². The summed E-state index contributed by atoms with van der Waals surface area (Å²) in [6.45, 7) is 8.53. The van der Waals surface area contributed by atoms with Gasteiger partial charge in [0.25, 0.3) is 5.92 Å². The van der Waals surface area contributed by atoms with Gasteiger partial charge in [0.15, 0.2) is 5.67 Å². The SMILES string of the molecule is CCC(C)(C)C(C)(F)C(F)(F)C(C)C. The van der Waals surface area contributed by atoms with Gasteiger partial charge >= 0.3 is 0 Å². The van der Waals surface area contributed by atoms with E-state index in [1.807, 2.05) is 0 Å². The van der Waals surface area contributed by atoms with Crippen LogP contribution in [0.1, 0.15) is 48.0 Å². The molecule has 86 valence electrons. The predicted molar refractivity (Wildman–Crippen MR) is 53.4 cm³/mol. The summed E-state index contributed by atoms with van der Waals surface area (Å²) < 4.78 is 41.4. The minimum atomic E-state index is -3.29. The Bertz CT molecular complexity index is 193. The minimum Gasteiger partial charge on any atom is -0.237 e. The Hall–Kier alpha value is -0.210. The van der Waals surface area contributed by atoms with Crippen molar-refractivity contribution in [3.63, 3.8) is 0 Å². The zero-order valence-corrected chi connectivity index (χ0v) is 9.92. The van der Waals surface area contributed by atoms with Crippen LogP contribution in [0.15, 0.2) is 0 Å². The normalized spacial score (nSPS) is 18.4. The summed E-state index contributed by atoms with van der Waals surface area (Å²) in [4.78, 5) is 0. The highest BCUT2D eigenvalue weighted by Crippen LogP contribution is 2.50. The summed E-state index contributed by atoms with van der Waals surface area (Å²) >= 11 is 0. The third kappa shape index (κ3) is 1.91. The van der Waals surface area contributed by atoms with Crippen LogP contribution in [0.3, 0.4) is 0 Å². The first-order valence-electron chi connectivity index (χ1n) is 5.07. The molecule has 0 aliphatic heterocycles. The van der Waals surface area contributed by atoms with E-state index in [0.29, 0.717) is 6.42 Å². The molecule has 0 nitrogen and oxygen atoms in total. The van der Waals surface area contributed by atoms with Crippen LogP contribution in [-0.2, 0) is 0 Å². The minimum absolute atomic E-state index is 0.391. The highest BCUT2D eigenvalue weighted by Gasteiger charge is 2.60. The molecule has 0 saturated carbocycles. The van der Waals surface area contributed by atoms with Crippen LogP contribution < -0.4 is 0 Å². The van der Waals surface area contributed by atoms with E-state index in [2.05, 4.69) is 0 Å². The number of hydrogen-bond acceptors (Lipinski definition) is 0. The molecular formula is C11H21F3. The van der Waals surface area contributed by atoms with E-state index in [-0.39, 0.29) is 0 Å². The van der Waals surface area contributed by atoms with Crippen LogP contribution in [-0.4, -0.2) is 11.6 Å². The molecule has 0 aromatic rings. The van der Waals surface area contributed by atoms with Gasteiger partial charge in [-0.15, -0.1) is 0 Å². The molecule has 0 aromatic carbocycles. The van der Waals surface area contributed by atoms with Crippen molar-refractivity contribution in [1.82, 2.24) is 0 Å². The van der Waals surface area contributed by atoms with Gasteiger partial charge in [0.05, 0.1) is 0 Å². The van der Waals surface area contributed by atoms with Gasteiger partial charge in [-0.2, -0.15) is 0 Å². The number of rotatable bonds is 4. The molecule has 0 saturated heterocycles. The van der Waals surface area contributed by atoms with Crippen LogP contribution in [0.2, 0.25) is 0 Å². The molecule has 1 atom stereocenters. The Morgan fingerprint density at radius 3 is 1.57 bits per heavy atom. The molecule has 0 spiro atoms. The quantitative estimate of drug-likeness (QED) is 0.643. The first kappa shape index (κ1) is 13.8. The van der Waals surface area contributed by atoms with Crippen molar-refractivity contribution >= 4 is 0 Å². The Balaban J connectivity index is 5.14. The van der Waals surface area contributed by atoms with Gasteiger partial charge in [0.1, 0.15) is 0 Å². The first-order chi connectivity index (χ1) is 6.00. The van der Waals surface area contributed by atoms with Gasteiger partial charge in [-0.1, -0.05) is 34.6 Å². The van der Waals surface area contributed by atoms with E-state index < -0.39 is 22.9 Å². The molecule has 3 heteroatoms. The lowest BCUT2D eigenvalue weighted by atomic mass is 9.69. The van der Waals surface area contributed by atoms with Crippen LogP contribution >= 0.6 is 0 Å². The lowest BCUT2D eigenvalue weighted by Crippen LogP contribution is -2.54. The van der Waals surface area contributed by atoms with E-state index in [0.717, 1.165) is 6.92 Å². The second-order valence-corrected chi connectivity index (χ2v) is 5.02. The Morgan fingerprint density at radius 1 is 1.00 bits per heavy atom. The number of hydrogen-bond donors (Lipinski definition) is 0. The van der Waals surface area contributed by atoms with Crippen molar-refractivity contribution in [2.24, 2.45) is 11.3 Å². The fraction of sp³-hybridized carbons (Fsp3) is 1.00. The zero-order chi connectivity index (χ0) is 11.8. The lowest BCUT2D eigenvalue weighted by molar-refractivity contribution is -0.204. The number of alkyl halides is 3. The summed E-state index contributed by atoms with van der Waals surface area (Å²) in [6.07, 6.45) is 0.391. The van der Waals surface area contributed by atoms with Gasteiger partial charge in [0, 0.05) is 11.3 Å². The van der Waals surface area contributed by atoms with Crippen LogP contribution in [0.25, 0.3) is 0 Å². The van der Waals surface area contributed by atoms with Crippen molar-refractivity contribution in [2.75, 3.05) is 0 Å². The van der Waals surface area contributed by atoms with Crippen molar-refractivity contribution in [2.45, 2.75) is 59.6 Å². The molecule has 14 heavy (non-hydrogen) atoms. The van der Waals surface area contributed by atoms with Crippen LogP contribution in [0, 0.1) is 11.3 Å². The molecular weight excluding hydrogens is 189 g/mol. The molecule has 0 N–H and O–H groups in total. The lowest BCUT2D eigenvalue weighted by Gasteiger charge is -2.44. The predicted octanol–water partition coefficient (Wildman–Crippen LogP) is 4.44. The Labute approximate surface area is 84.9 Å². The monoisotopic (exact) mass is 210 g/mol. The topological polar surface area (TPSA) is 0 Å². The fourth-order valence-corrected chi connectivity index (χ4v) is 1.33. The van der Waals surface area contributed by atoms with Gasteiger partial charge in [0.2, 0.25) is 0 Å². The summed E-state index contributed by atoms with van der Waals surface area (Å²) in [5, 5.41) is 0.